The lowest BCUT2D eigenvalue weighted by Crippen LogP contribution is -2.39. The van der Waals surface area contributed by atoms with E-state index in [0.717, 1.165) is 29.4 Å². The van der Waals surface area contributed by atoms with Gasteiger partial charge in [0.05, 0.1) is 30.9 Å². The number of hydrogen-bond donors (Lipinski definition) is 0. The molecule has 2 aromatic carbocycles. The molecule has 0 bridgehead atoms. The minimum atomic E-state index is -0.642. The van der Waals surface area contributed by atoms with E-state index in [1.165, 1.54) is 12.1 Å². The molecule has 3 aromatic rings. The molecular weight excluding hydrogens is 412 g/mol. The first-order chi connectivity index (χ1) is 15.4. The second-order valence-corrected chi connectivity index (χ2v) is 7.97. The highest BCUT2D eigenvalue weighted by Crippen LogP contribution is 2.31. The fourth-order valence-corrected chi connectivity index (χ4v) is 4.10. The van der Waals surface area contributed by atoms with Crippen LogP contribution in [0.4, 0.5) is 8.78 Å². The van der Waals surface area contributed by atoms with E-state index < -0.39 is 17.7 Å². The van der Waals surface area contributed by atoms with Crippen LogP contribution in [-0.4, -0.2) is 34.0 Å². The van der Waals surface area contributed by atoms with Gasteiger partial charge in [0.25, 0.3) is 0 Å². The summed E-state index contributed by atoms with van der Waals surface area (Å²) in [5, 5.41) is 0. The van der Waals surface area contributed by atoms with Gasteiger partial charge in [0.2, 0.25) is 5.91 Å². The Balaban J connectivity index is 1.60. The number of aryl methyl sites for hydroxylation is 1. The normalized spacial score (nSPS) is 16.5. The molecule has 0 radical (unpaired) electrons. The summed E-state index contributed by atoms with van der Waals surface area (Å²) >= 11 is 0. The number of aromatic nitrogens is 2. The number of amides is 1. The molecule has 5 nitrogen and oxygen atoms in total. The standard InChI is InChI=1S/C25H25F2N3O2/c1-16-14-29(15-28-16)23-9-6-18(12-24(23)32-3)11-19-5-4-10-30(25(19)31)17(2)21-8-7-20(26)13-22(21)27/h6-9,11-15,17H,4-5,10H2,1-3H3/t17-/m0/s1. The summed E-state index contributed by atoms with van der Waals surface area (Å²) in [6, 6.07) is 8.72. The first kappa shape index (κ1) is 21.7. The number of methoxy groups -OCH3 is 1. The van der Waals surface area contributed by atoms with Crippen LogP contribution < -0.4 is 4.74 Å². The zero-order chi connectivity index (χ0) is 22.8. The van der Waals surface area contributed by atoms with Gasteiger partial charge < -0.3 is 14.2 Å². The SMILES string of the molecule is COc1cc(C=C2CCCN([C@@H](C)c3ccc(F)cc3F)C2=O)ccc1-n1cnc(C)c1. The van der Waals surface area contributed by atoms with Crippen molar-refractivity contribution in [3.63, 3.8) is 0 Å². The topological polar surface area (TPSA) is 47.4 Å². The summed E-state index contributed by atoms with van der Waals surface area (Å²) in [5.74, 6) is -0.747. The highest BCUT2D eigenvalue weighted by atomic mass is 19.1. The summed E-state index contributed by atoms with van der Waals surface area (Å²) in [6.45, 7) is 4.21. The molecule has 1 fully saturated rings. The number of halogens is 2. The van der Waals surface area contributed by atoms with Gasteiger partial charge in [0.1, 0.15) is 17.4 Å². The number of imidazole rings is 1. The smallest absolute Gasteiger partial charge is 0.250 e. The Morgan fingerprint density at radius 1 is 1.19 bits per heavy atom. The van der Waals surface area contributed by atoms with Crippen molar-refractivity contribution in [3.8, 4) is 11.4 Å². The third kappa shape index (κ3) is 4.28. The molecule has 0 saturated carbocycles. The Labute approximate surface area is 186 Å². The fraction of sp³-hybridized carbons (Fsp3) is 0.280. The highest BCUT2D eigenvalue weighted by molar-refractivity contribution is 5.98. The Morgan fingerprint density at radius 2 is 2.00 bits per heavy atom. The van der Waals surface area contributed by atoms with Crippen LogP contribution in [0.1, 0.15) is 42.6 Å². The minimum Gasteiger partial charge on any atom is -0.495 e. The van der Waals surface area contributed by atoms with Crippen molar-refractivity contribution in [1.82, 2.24) is 14.5 Å². The maximum absolute atomic E-state index is 14.3. The summed E-state index contributed by atoms with van der Waals surface area (Å²) in [6.07, 6.45) is 6.90. The van der Waals surface area contributed by atoms with Gasteiger partial charge in [-0.2, -0.15) is 0 Å². The maximum Gasteiger partial charge on any atom is 0.250 e. The molecule has 7 heteroatoms. The average molecular weight is 437 g/mol. The van der Waals surface area contributed by atoms with Gasteiger partial charge >= 0.3 is 0 Å². The molecule has 0 unspecified atom stereocenters. The maximum atomic E-state index is 14.3. The number of ether oxygens (including phenoxy) is 1. The van der Waals surface area contributed by atoms with Gasteiger partial charge in [-0.1, -0.05) is 12.1 Å². The van der Waals surface area contributed by atoms with E-state index in [1.807, 2.05) is 42.0 Å². The summed E-state index contributed by atoms with van der Waals surface area (Å²) < 4.78 is 35.0. The van der Waals surface area contributed by atoms with Crippen LogP contribution in [0.5, 0.6) is 5.75 Å². The molecule has 32 heavy (non-hydrogen) atoms. The van der Waals surface area contributed by atoms with Crippen LogP contribution in [0, 0.1) is 18.6 Å². The lowest BCUT2D eigenvalue weighted by molar-refractivity contribution is -0.130. The van der Waals surface area contributed by atoms with E-state index >= 15 is 0 Å². The van der Waals surface area contributed by atoms with E-state index in [9.17, 15) is 13.6 Å². The third-order valence-corrected chi connectivity index (χ3v) is 5.80. The van der Waals surface area contributed by atoms with Crippen molar-refractivity contribution >= 4 is 12.0 Å². The number of rotatable bonds is 5. The van der Waals surface area contributed by atoms with Gasteiger partial charge in [0.15, 0.2) is 0 Å². The average Bonchev–Trinajstić information content (AvgIpc) is 3.20. The van der Waals surface area contributed by atoms with Gasteiger partial charge in [-0.25, -0.2) is 13.8 Å². The molecule has 4 rings (SSSR count). The predicted molar refractivity (Wildman–Crippen MR) is 119 cm³/mol. The number of hydrogen-bond acceptors (Lipinski definition) is 3. The summed E-state index contributed by atoms with van der Waals surface area (Å²) in [4.78, 5) is 19.1. The minimum absolute atomic E-state index is 0.138. The first-order valence-corrected chi connectivity index (χ1v) is 10.5. The first-order valence-electron chi connectivity index (χ1n) is 10.5. The molecule has 166 valence electrons. The van der Waals surface area contributed by atoms with Crippen molar-refractivity contribution in [2.24, 2.45) is 0 Å². The largest absolute Gasteiger partial charge is 0.495 e. The van der Waals surface area contributed by atoms with Crippen LogP contribution in [0.15, 0.2) is 54.5 Å². The molecule has 1 amide bonds. The van der Waals surface area contributed by atoms with Crippen LogP contribution in [0.25, 0.3) is 11.8 Å². The zero-order valence-electron chi connectivity index (χ0n) is 18.3. The van der Waals surface area contributed by atoms with Crippen LogP contribution in [0.3, 0.4) is 0 Å². The monoisotopic (exact) mass is 437 g/mol. The van der Waals surface area contributed by atoms with Gasteiger partial charge in [-0.3, -0.25) is 4.79 Å². The highest BCUT2D eigenvalue weighted by Gasteiger charge is 2.29. The van der Waals surface area contributed by atoms with E-state index in [2.05, 4.69) is 4.98 Å². The lowest BCUT2D eigenvalue weighted by atomic mass is 9.97. The Morgan fingerprint density at radius 3 is 2.69 bits per heavy atom. The second kappa shape index (κ2) is 8.94. The molecule has 1 atom stereocenters. The predicted octanol–water partition coefficient (Wildman–Crippen LogP) is 5.23. The molecule has 0 spiro atoms. The molecule has 1 aliphatic heterocycles. The van der Waals surface area contributed by atoms with Crippen molar-refractivity contribution in [1.29, 1.82) is 0 Å². The lowest BCUT2D eigenvalue weighted by Gasteiger charge is -2.34. The summed E-state index contributed by atoms with van der Waals surface area (Å²) in [5.41, 5.74) is 3.56. The van der Waals surface area contributed by atoms with Crippen molar-refractivity contribution in [3.05, 3.63) is 83.0 Å². The van der Waals surface area contributed by atoms with E-state index in [0.29, 0.717) is 29.9 Å². The molecule has 1 saturated heterocycles. The molecule has 1 aliphatic rings. The summed E-state index contributed by atoms with van der Waals surface area (Å²) in [7, 11) is 1.60. The number of likely N-dealkylation sites (tertiary alicyclic amines) is 1. The van der Waals surface area contributed by atoms with Crippen molar-refractivity contribution < 1.29 is 18.3 Å². The van der Waals surface area contributed by atoms with E-state index in [1.54, 1.807) is 25.3 Å². The van der Waals surface area contributed by atoms with Gasteiger partial charge in [0, 0.05) is 29.9 Å². The number of nitrogens with zero attached hydrogens (tertiary/aromatic N) is 3. The Hall–Kier alpha value is -3.48. The fourth-order valence-electron chi connectivity index (χ4n) is 4.10. The number of carbonyl (C=O) groups excluding carboxylic acids is 1. The quantitative estimate of drug-likeness (QED) is 0.513. The van der Waals surface area contributed by atoms with Crippen molar-refractivity contribution in [2.75, 3.05) is 13.7 Å². The molecule has 2 heterocycles. The zero-order valence-corrected chi connectivity index (χ0v) is 18.3. The van der Waals surface area contributed by atoms with E-state index in [4.69, 9.17) is 4.74 Å². The van der Waals surface area contributed by atoms with Crippen molar-refractivity contribution in [2.45, 2.75) is 32.7 Å². The van der Waals surface area contributed by atoms with Crippen LogP contribution in [-0.2, 0) is 4.79 Å². The Bertz CT molecular complexity index is 1190. The molecule has 0 aliphatic carbocycles. The van der Waals surface area contributed by atoms with Gasteiger partial charge in [-0.05, 0) is 56.5 Å². The van der Waals surface area contributed by atoms with E-state index in [-0.39, 0.29) is 5.91 Å². The Kier molecular flexibility index (Phi) is 6.08. The number of piperidine rings is 1. The number of benzene rings is 2. The van der Waals surface area contributed by atoms with Crippen LogP contribution >= 0.6 is 0 Å². The molecule has 1 aromatic heterocycles. The van der Waals surface area contributed by atoms with Gasteiger partial charge in [-0.15, -0.1) is 0 Å². The van der Waals surface area contributed by atoms with Crippen LogP contribution in [0.2, 0.25) is 0 Å². The molecular formula is C25H25F2N3O2. The number of carbonyl (C=O) groups is 1. The second-order valence-electron chi connectivity index (χ2n) is 7.97. The molecule has 0 N–H and O–H groups in total. The third-order valence-electron chi connectivity index (χ3n) is 5.80.